The van der Waals surface area contributed by atoms with E-state index in [9.17, 15) is 0 Å². The van der Waals surface area contributed by atoms with E-state index in [1.807, 2.05) is 0 Å². The van der Waals surface area contributed by atoms with Crippen LogP contribution < -0.4 is 0 Å². The number of nitrogens with zero attached hydrogens (tertiary/aromatic N) is 2. The third-order valence-electron chi connectivity index (χ3n) is 0.560. The first-order chi connectivity index (χ1) is 4.79. The van der Waals surface area contributed by atoms with Gasteiger partial charge in [0.25, 0.3) is 0 Å². The van der Waals surface area contributed by atoms with Gasteiger partial charge < -0.3 is 10.0 Å². The van der Waals surface area contributed by atoms with E-state index < -0.39 is 6.40 Å². The van der Waals surface area contributed by atoms with Crippen molar-refractivity contribution < 1.29 is 10.0 Å². The van der Waals surface area contributed by atoms with Gasteiger partial charge in [0.1, 0.15) is 5.03 Å². The lowest BCUT2D eigenvalue weighted by Crippen LogP contribution is -2.01. The Kier molecular flexibility index (Phi) is 3.50. The van der Waals surface area contributed by atoms with E-state index in [2.05, 4.69) is 9.59 Å². The summed E-state index contributed by atoms with van der Waals surface area (Å²) in [6, 6.07) is 0. The van der Waals surface area contributed by atoms with E-state index >= 15 is 0 Å². The molecule has 0 atom stereocenters. The maximum absolute atomic E-state index is 8.40. The van der Waals surface area contributed by atoms with Crippen LogP contribution in [0, 0.1) is 0 Å². The monoisotopic (exact) mass is 194 g/mol. The second kappa shape index (κ2) is 4.19. The van der Waals surface area contributed by atoms with Crippen LogP contribution in [0.15, 0.2) is 10.4 Å². The van der Waals surface area contributed by atoms with Crippen molar-refractivity contribution >= 4 is 39.4 Å². The molecule has 0 aromatic carbocycles. The summed E-state index contributed by atoms with van der Waals surface area (Å²) >= 11 is 1.23. The minimum absolute atomic E-state index is 0.697. The average Bonchev–Trinajstić information content (AvgIpc) is 2.34. The fourth-order valence-corrected chi connectivity index (χ4v) is 2.21. The molecule has 0 saturated carbocycles. The largest absolute Gasteiger partial charge is 0.537 e. The Morgan fingerprint density at radius 3 is 2.90 bits per heavy atom. The maximum atomic E-state index is 8.40. The van der Waals surface area contributed by atoms with E-state index in [4.69, 9.17) is 10.0 Å². The minimum Gasteiger partial charge on any atom is -0.417 e. The number of hydrogen-bond acceptors (Lipinski definition) is 7. The van der Waals surface area contributed by atoms with Crippen LogP contribution in [0.5, 0.6) is 0 Å². The molecule has 1 aromatic heterocycles. The first kappa shape index (κ1) is 8.34. The van der Waals surface area contributed by atoms with Crippen LogP contribution in [0.4, 0.5) is 0 Å². The summed E-state index contributed by atoms with van der Waals surface area (Å²) in [6.07, 6.45) is -1.35. The molecule has 8 heteroatoms. The minimum atomic E-state index is -1.35. The van der Waals surface area contributed by atoms with Gasteiger partial charge in [0.15, 0.2) is 0 Å². The Hall–Kier alpha value is 0.245. The van der Waals surface area contributed by atoms with Crippen molar-refractivity contribution in [3.8, 4) is 0 Å². The van der Waals surface area contributed by atoms with Gasteiger partial charge in [-0.25, -0.2) is 0 Å². The van der Waals surface area contributed by atoms with Crippen LogP contribution in [-0.4, -0.2) is 26.0 Å². The van der Waals surface area contributed by atoms with Gasteiger partial charge in [-0.1, -0.05) is 15.1 Å². The molecule has 4 nitrogen and oxygen atoms in total. The first-order valence-electron chi connectivity index (χ1n) is 2.25. The summed E-state index contributed by atoms with van der Waals surface area (Å²) in [7, 11) is 2.11. The van der Waals surface area contributed by atoms with E-state index in [0.29, 0.717) is 5.03 Å². The number of aromatic nitrogens is 2. The number of hydrogen-bond donors (Lipinski definition) is 2. The molecule has 10 heavy (non-hydrogen) atoms. The molecule has 0 radical (unpaired) electrons. The van der Waals surface area contributed by atoms with Gasteiger partial charge in [-0.05, 0) is 22.3 Å². The SMILES string of the molecule is OB(O)SSc1csnn1. The summed E-state index contributed by atoms with van der Waals surface area (Å²) in [6.45, 7) is 0. The van der Waals surface area contributed by atoms with Crippen LogP contribution in [0.1, 0.15) is 0 Å². The molecule has 1 heterocycles. The van der Waals surface area contributed by atoms with Crippen molar-refractivity contribution in [3.63, 3.8) is 0 Å². The third kappa shape index (κ3) is 2.89. The van der Waals surface area contributed by atoms with Crippen molar-refractivity contribution in [2.24, 2.45) is 0 Å². The molecule has 0 aliphatic carbocycles. The topological polar surface area (TPSA) is 66.2 Å². The zero-order chi connectivity index (χ0) is 7.40. The van der Waals surface area contributed by atoms with Crippen LogP contribution in [0.2, 0.25) is 0 Å². The Bertz CT molecular complexity index is 181. The van der Waals surface area contributed by atoms with Gasteiger partial charge in [0.05, 0.1) is 0 Å². The molecule has 0 amide bonds. The molecule has 0 unspecified atom stereocenters. The van der Waals surface area contributed by atoms with Gasteiger partial charge in [0.2, 0.25) is 0 Å². The summed E-state index contributed by atoms with van der Waals surface area (Å²) < 4.78 is 3.59. The summed E-state index contributed by atoms with van der Waals surface area (Å²) in [5.74, 6) is 0. The Morgan fingerprint density at radius 1 is 1.60 bits per heavy atom. The zero-order valence-electron chi connectivity index (χ0n) is 4.67. The van der Waals surface area contributed by atoms with E-state index in [1.165, 1.54) is 22.3 Å². The van der Waals surface area contributed by atoms with E-state index in [1.54, 1.807) is 5.38 Å². The van der Waals surface area contributed by atoms with Crippen molar-refractivity contribution in [3.05, 3.63) is 5.38 Å². The van der Waals surface area contributed by atoms with E-state index in [-0.39, 0.29) is 0 Å². The van der Waals surface area contributed by atoms with Crippen LogP contribution in [0.3, 0.4) is 0 Å². The molecule has 54 valence electrons. The zero-order valence-corrected chi connectivity index (χ0v) is 7.12. The van der Waals surface area contributed by atoms with Crippen molar-refractivity contribution in [1.29, 1.82) is 0 Å². The fraction of sp³-hybridized carbons (Fsp3) is 0. The summed E-state index contributed by atoms with van der Waals surface area (Å²) in [5.41, 5.74) is 0. The Balaban J connectivity index is 2.28. The smallest absolute Gasteiger partial charge is 0.417 e. The average molecular weight is 194 g/mol. The lowest BCUT2D eigenvalue weighted by molar-refractivity contribution is 0.438. The second-order valence-corrected chi connectivity index (χ2v) is 4.14. The predicted octanol–water partition coefficient (Wildman–Crippen LogP) is 0.248. The van der Waals surface area contributed by atoms with Gasteiger partial charge in [0, 0.05) is 5.38 Å². The van der Waals surface area contributed by atoms with Crippen molar-refractivity contribution in [2.45, 2.75) is 5.03 Å². The molecule has 1 aromatic rings. The molecular formula is C2H3BN2O2S3. The Morgan fingerprint density at radius 2 is 2.40 bits per heavy atom. The molecule has 0 saturated heterocycles. The molecule has 0 aliphatic heterocycles. The normalized spacial score (nSPS) is 9.80. The fourth-order valence-electron chi connectivity index (χ4n) is 0.285. The second-order valence-electron chi connectivity index (χ2n) is 1.25. The van der Waals surface area contributed by atoms with Crippen molar-refractivity contribution in [2.75, 3.05) is 0 Å². The standard InChI is InChI=1S/C2H3BN2O2S3/c6-3(7)10-9-2-1-8-5-4-2/h1,6-7H. The van der Waals surface area contributed by atoms with E-state index in [0.717, 1.165) is 10.6 Å². The molecule has 2 N–H and O–H groups in total. The first-order valence-corrected chi connectivity index (χ1v) is 5.30. The van der Waals surface area contributed by atoms with Crippen LogP contribution in [0.25, 0.3) is 0 Å². The van der Waals surface area contributed by atoms with Gasteiger partial charge in [-0.2, -0.15) is 0 Å². The quantitative estimate of drug-likeness (QED) is 0.531. The van der Waals surface area contributed by atoms with Gasteiger partial charge in [-0.3, -0.25) is 0 Å². The highest BCUT2D eigenvalue weighted by atomic mass is 33.1. The van der Waals surface area contributed by atoms with Gasteiger partial charge in [-0.15, -0.1) is 5.10 Å². The Labute approximate surface area is 69.6 Å². The lowest BCUT2D eigenvalue weighted by Gasteiger charge is -1.91. The third-order valence-corrected chi connectivity index (χ3v) is 3.17. The molecule has 0 fully saturated rings. The maximum Gasteiger partial charge on any atom is 0.537 e. The lowest BCUT2D eigenvalue weighted by atomic mass is 10.4. The number of rotatable bonds is 3. The van der Waals surface area contributed by atoms with Gasteiger partial charge >= 0.3 is 6.40 Å². The molecule has 0 spiro atoms. The van der Waals surface area contributed by atoms with Crippen molar-refractivity contribution in [1.82, 2.24) is 9.59 Å². The molecule has 0 aliphatic rings. The summed E-state index contributed by atoms with van der Waals surface area (Å²) in [5, 5.41) is 22.9. The molecular weight excluding hydrogens is 191 g/mol. The highest BCUT2D eigenvalue weighted by Crippen LogP contribution is 2.29. The highest BCUT2D eigenvalue weighted by Gasteiger charge is 2.09. The van der Waals surface area contributed by atoms with Crippen LogP contribution in [-0.2, 0) is 0 Å². The predicted molar refractivity (Wildman–Crippen MR) is 43.5 cm³/mol. The van der Waals surface area contributed by atoms with Crippen LogP contribution >= 0.6 is 33.0 Å². The molecule has 1 rings (SSSR count). The molecule has 0 bridgehead atoms. The summed E-state index contributed by atoms with van der Waals surface area (Å²) in [4.78, 5) is 0. The highest BCUT2D eigenvalue weighted by molar-refractivity contribution is 8.86.